The maximum absolute atomic E-state index is 5.79. The highest BCUT2D eigenvalue weighted by atomic mass is 16.5. The second-order valence-corrected chi connectivity index (χ2v) is 3.22. The fraction of sp³-hybridized carbons (Fsp3) is 1.00. The second-order valence-electron chi connectivity index (χ2n) is 3.22. The quantitative estimate of drug-likeness (QED) is 0.565. The SMILES string of the molecule is [B]C1C[C@H](COC)[C@@H](OC)C1. The average Bonchev–Trinajstić information content (AvgIpc) is 2.32. The Morgan fingerprint density at radius 3 is 2.64 bits per heavy atom. The largest absolute Gasteiger partial charge is 0.384 e. The molecule has 2 nitrogen and oxygen atoms in total. The molecule has 11 heavy (non-hydrogen) atoms. The smallest absolute Gasteiger partial charge is 0.0700 e. The van der Waals surface area contributed by atoms with Gasteiger partial charge in [-0.2, -0.15) is 0 Å². The molecule has 62 valence electrons. The normalized spacial score (nSPS) is 37.8. The van der Waals surface area contributed by atoms with Crippen molar-refractivity contribution in [1.82, 2.24) is 0 Å². The summed E-state index contributed by atoms with van der Waals surface area (Å²) >= 11 is 0. The van der Waals surface area contributed by atoms with E-state index in [2.05, 4.69) is 0 Å². The lowest BCUT2D eigenvalue weighted by Gasteiger charge is -2.16. The molecule has 0 aliphatic heterocycles. The minimum atomic E-state index is 0.306. The highest BCUT2D eigenvalue weighted by Crippen LogP contribution is 2.34. The van der Waals surface area contributed by atoms with E-state index in [1.165, 1.54) is 0 Å². The lowest BCUT2D eigenvalue weighted by atomic mass is 9.85. The molecule has 0 spiro atoms. The van der Waals surface area contributed by atoms with Gasteiger partial charge in [0.2, 0.25) is 0 Å². The molecule has 3 heteroatoms. The van der Waals surface area contributed by atoms with Crippen LogP contribution in [0.1, 0.15) is 12.8 Å². The van der Waals surface area contributed by atoms with Crippen molar-refractivity contribution in [1.29, 1.82) is 0 Å². The van der Waals surface area contributed by atoms with Crippen LogP contribution in [0.2, 0.25) is 5.82 Å². The van der Waals surface area contributed by atoms with Gasteiger partial charge in [-0.25, -0.2) is 0 Å². The summed E-state index contributed by atoms with van der Waals surface area (Å²) in [5.74, 6) is 0.806. The van der Waals surface area contributed by atoms with Gasteiger partial charge in [-0.3, -0.25) is 0 Å². The molecule has 0 aromatic carbocycles. The van der Waals surface area contributed by atoms with Gasteiger partial charge in [-0.05, 0) is 6.42 Å². The van der Waals surface area contributed by atoms with Gasteiger partial charge in [-0.1, -0.05) is 12.2 Å². The minimum absolute atomic E-state index is 0.306. The third kappa shape index (κ3) is 2.21. The summed E-state index contributed by atoms with van der Waals surface area (Å²) in [4.78, 5) is 0. The van der Waals surface area contributed by atoms with E-state index in [1.54, 1.807) is 14.2 Å². The Morgan fingerprint density at radius 2 is 2.09 bits per heavy atom. The summed E-state index contributed by atoms with van der Waals surface area (Å²) in [6.45, 7) is 0.770. The number of hydrogen-bond donors (Lipinski definition) is 0. The Bertz CT molecular complexity index is 119. The summed E-state index contributed by atoms with van der Waals surface area (Å²) in [6, 6.07) is 0. The third-order valence-electron chi connectivity index (χ3n) is 2.35. The molecule has 1 aliphatic carbocycles. The topological polar surface area (TPSA) is 18.5 Å². The third-order valence-corrected chi connectivity index (χ3v) is 2.35. The van der Waals surface area contributed by atoms with E-state index >= 15 is 0 Å². The molecule has 0 N–H and O–H groups in total. The van der Waals surface area contributed by atoms with Gasteiger partial charge < -0.3 is 9.47 Å². The molecule has 3 atom stereocenters. The zero-order chi connectivity index (χ0) is 8.27. The maximum atomic E-state index is 5.79. The molecule has 1 rings (SSSR count). The first-order valence-electron chi connectivity index (χ1n) is 4.05. The van der Waals surface area contributed by atoms with Crippen LogP contribution in [0.3, 0.4) is 0 Å². The molecule has 0 aromatic rings. The molecule has 1 saturated carbocycles. The van der Waals surface area contributed by atoms with Crippen molar-refractivity contribution in [2.75, 3.05) is 20.8 Å². The van der Waals surface area contributed by atoms with E-state index < -0.39 is 0 Å². The number of rotatable bonds is 3. The molecule has 0 amide bonds. The monoisotopic (exact) mass is 154 g/mol. The van der Waals surface area contributed by atoms with Crippen LogP contribution >= 0.6 is 0 Å². The van der Waals surface area contributed by atoms with Crippen LogP contribution in [0, 0.1) is 5.92 Å². The molecule has 0 bridgehead atoms. The standard InChI is InChI=1S/C8H15BO2/c1-10-5-6-3-7(9)4-8(6)11-2/h6-8H,3-5H2,1-2H3/t6-,7?,8+/m1/s1. The van der Waals surface area contributed by atoms with Crippen LogP contribution in [-0.4, -0.2) is 34.8 Å². The van der Waals surface area contributed by atoms with E-state index in [1.807, 2.05) is 0 Å². The Morgan fingerprint density at radius 1 is 1.36 bits per heavy atom. The molecule has 1 unspecified atom stereocenters. The van der Waals surface area contributed by atoms with Crippen molar-refractivity contribution in [2.24, 2.45) is 5.92 Å². The minimum Gasteiger partial charge on any atom is -0.384 e. The van der Waals surface area contributed by atoms with Gasteiger partial charge in [-0.15, -0.1) is 0 Å². The molecule has 2 radical (unpaired) electrons. The summed E-state index contributed by atoms with van der Waals surface area (Å²) in [6.07, 6.45) is 2.32. The van der Waals surface area contributed by atoms with Crippen LogP contribution < -0.4 is 0 Å². The van der Waals surface area contributed by atoms with Crippen LogP contribution in [0.15, 0.2) is 0 Å². The highest BCUT2D eigenvalue weighted by molar-refractivity contribution is 6.11. The van der Waals surface area contributed by atoms with Crippen LogP contribution in [0.4, 0.5) is 0 Å². The summed E-state index contributed by atoms with van der Waals surface area (Å²) in [5, 5.41) is 0. The van der Waals surface area contributed by atoms with Gasteiger partial charge in [0.25, 0.3) is 0 Å². The summed E-state index contributed by atoms with van der Waals surface area (Å²) in [7, 11) is 9.25. The van der Waals surface area contributed by atoms with Crippen molar-refractivity contribution < 1.29 is 9.47 Å². The fourth-order valence-electron chi connectivity index (χ4n) is 1.81. The maximum Gasteiger partial charge on any atom is 0.0700 e. The van der Waals surface area contributed by atoms with Gasteiger partial charge >= 0.3 is 0 Å². The predicted octanol–water partition coefficient (Wildman–Crippen LogP) is 1.01. The van der Waals surface area contributed by atoms with Crippen molar-refractivity contribution in [2.45, 2.75) is 24.8 Å². The van der Waals surface area contributed by atoms with E-state index in [0.717, 1.165) is 19.4 Å². The molecular weight excluding hydrogens is 139 g/mol. The molecular formula is C8H15BO2. The van der Waals surface area contributed by atoms with E-state index in [0.29, 0.717) is 17.8 Å². The zero-order valence-corrected chi connectivity index (χ0v) is 7.25. The molecule has 1 fully saturated rings. The first kappa shape index (κ1) is 9.08. The van der Waals surface area contributed by atoms with Crippen LogP contribution in [-0.2, 0) is 9.47 Å². The van der Waals surface area contributed by atoms with Gasteiger partial charge in [0.05, 0.1) is 20.6 Å². The van der Waals surface area contributed by atoms with Gasteiger partial charge in [0.1, 0.15) is 0 Å². The zero-order valence-electron chi connectivity index (χ0n) is 7.25. The number of hydrogen-bond acceptors (Lipinski definition) is 2. The summed E-state index contributed by atoms with van der Waals surface area (Å²) < 4.78 is 10.4. The van der Waals surface area contributed by atoms with E-state index in [4.69, 9.17) is 17.3 Å². The second kappa shape index (κ2) is 4.12. The molecule has 0 heterocycles. The van der Waals surface area contributed by atoms with Crippen molar-refractivity contribution in [3.8, 4) is 0 Å². The molecule has 0 aromatic heterocycles. The van der Waals surface area contributed by atoms with Crippen molar-refractivity contribution >= 4 is 7.85 Å². The number of ether oxygens (including phenoxy) is 2. The predicted molar refractivity (Wildman–Crippen MR) is 44.9 cm³/mol. The summed E-state index contributed by atoms with van der Waals surface area (Å²) in [5.41, 5.74) is 0. The number of methoxy groups -OCH3 is 2. The highest BCUT2D eigenvalue weighted by Gasteiger charge is 2.31. The van der Waals surface area contributed by atoms with Crippen molar-refractivity contribution in [3.05, 3.63) is 0 Å². The van der Waals surface area contributed by atoms with Crippen molar-refractivity contribution in [3.63, 3.8) is 0 Å². The Kier molecular flexibility index (Phi) is 3.40. The van der Waals surface area contributed by atoms with Crippen LogP contribution in [0.5, 0.6) is 0 Å². The first-order chi connectivity index (χ1) is 5.27. The van der Waals surface area contributed by atoms with E-state index in [9.17, 15) is 0 Å². The average molecular weight is 154 g/mol. The lowest BCUT2D eigenvalue weighted by Crippen LogP contribution is -2.20. The van der Waals surface area contributed by atoms with Gasteiger partial charge in [0.15, 0.2) is 0 Å². The van der Waals surface area contributed by atoms with Gasteiger partial charge in [0, 0.05) is 20.1 Å². The Hall–Kier alpha value is -0.0151. The fourth-order valence-corrected chi connectivity index (χ4v) is 1.81. The van der Waals surface area contributed by atoms with Crippen LogP contribution in [0.25, 0.3) is 0 Å². The molecule has 0 saturated heterocycles. The Balaban J connectivity index is 2.37. The van der Waals surface area contributed by atoms with E-state index in [-0.39, 0.29) is 0 Å². The molecule has 1 aliphatic rings. The lowest BCUT2D eigenvalue weighted by molar-refractivity contribution is 0.0332. The first-order valence-corrected chi connectivity index (χ1v) is 4.05. The Labute approximate surface area is 69.7 Å².